The number of hydrogen-bond acceptors (Lipinski definition) is 5. The Balaban J connectivity index is 1.79. The van der Waals surface area contributed by atoms with Gasteiger partial charge in [0.25, 0.3) is 0 Å². The van der Waals surface area contributed by atoms with Crippen LogP contribution in [0.5, 0.6) is 0 Å². The summed E-state index contributed by atoms with van der Waals surface area (Å²) in [6.07, 6.45) is 5.15. The molecule has 2 N–H and O–H groups in total. The second kappa shape index (κ2) is 9.98. The molecule has 0 bridgehead atoms. The van der Waals surface area contributed by atoms with Gasteiger partial charge in [-0.1, -0.05) is 49.1 Å². The number of anilines is 1. The zero-order chi connectivity index (χ0) is 20.8. The Morgan fingerprint density at radius 2 is 1.86 bits per heavy atom. The summed E-state index contributed by atoms with van der Waals surface area (Å²) in [6.45, 7) is 4.08. The van der Waals surface area contributed by atoms with Gasteiger partial charge >= 0.3 is 5.97 Å². The number of aryl methyl sites for hydroxylation is 1. The van der Waals surface area contributed by atoms with Gasteiger partial charge in [-0.3, -0.25) is 4.79 Å². The summed E-state index contributed by atoms with van der Waals surface area (Å²) in [5.74, 6) is -0.442. The van der Waals surface area contributed by atoms with Crippen LogP contribution < -0.4 is 10.6 Å². The molecule has 1 aromatic heterocycles. The summed E-state index contributed by atoms with van der Waals surface area (Å²) in [4.78, 5) is 25.1. The minimum Gasteiger partial charge on any atom is -0.462 e. The van der Waals surface area contributed by atoms with Crippen LogP contribution in [0.25, 0.3) is 11.1 Å². The van der Waals surface area contributed by atoms with Gasteiger partial charge < -0.3 is 15.4 Å². The van der Waals surface area contributed by atoms with E-state index in [1.165, 1.54) is 17.8 Å². The van der Waals surface area contributed by atoms with Crippen LogP contribution in [0.15, 0.2) is 29.6 Å². The fourth-order valence-corrected chi connectivity index (χ4v) is 4.74. The number of nitrogens with one attached hydrogen (secondary N) is 2. The quantitative estimate of drug-likeness (QED) is 0.498. The Labute approximate surface area is 180 Å². The molecule has 1 aromatic carbocycles. The van der Waals surface area contributed by atoms with Crippen molar-refractivity contribution in [2.24, 2.45) is 5.92 Å². The van der Waals surface area contributed by atoms with Gasteiger partial charge in [-0.05, 0) is 44.5 Å². The van der Waals surface area contributed by atoms with E-state index >= 15 is 0 Å². The summed E-state index contributed by atoms with van der Waals surface area (Å²) in [5.41, 5.74) is 3.30. The first kappa shape index (κ1) is 21.5. The standard InChI is InChI=1S/C22H26N2O3S2/c1-3-27-21(26)18-17(15-11-9-14(2)10-12-15)13-29-20(18)24-22(28)23-19(25)16-7-5-4-6-8-16/h9-13,16H,3-8H2,1-2H3,(H2,23,24,25,28). The van der Waals surface area contributed by atoms with E-state index < -0.39 is 5.97 Å². The molecule has 1 aliphatic rings. The number of benzene rings is 1. The van der Waals surface area contributed by atoms with E-state index in [1.54, 1.807) is 6.92 Å². The first-order chi connectivity index (χ1) is 14.0. The van der Waals surface area contributed by atoms with Crippen molar-refractivity contribution in [2.75, 3.05) is 11.9 Å². The Morgan fingerprint density at radius 1 is 1.17 bits per heavy atom. The molecule has 0 unspecified atom stereocenters. The molecule has 154 valence electrons. The van der Waals surface area contributed by atoms with E-state index in [0.29, 0.717) is 10.6 Å². The third kappa shape index (κ3) is 5.42. The third-order valence-corrected chi connectivity index (χ3v) is 6.17. The molecule has 2 aromatic rings. The minimum absolute atomic E-state index is 0.0134. The highest BCUT2D eigenvalue weighted by atomic mass is 32.1. The summed E-state index contributed by atoms with van der Waals surface area (Å²) in [5, 5.41) is 8.52. The van der Waals surface area contributed by atoms with Crippen molar-refractivity contribution in [3.8, 4) is 11.1 Å². The SMILES string of the molecule is CCOC(=O)c1c(-c2ccc(C)cc2)csc1NC(=S)NC(=O)C1CCCCC1. The number of hydrogen-bond donors (Lipinski definition) is 2. The van der Waals surface area contributed by atoms with Crippen molar-refractivity contribution in [3.63, 3.8) is 0 Å². The lowest BCUT2D eigenvalue weighted by Gasteiger charge is -2.21. The molecule has 29 heavy (non-hydrogen) atoms. The predicted molar refractivity (Wildman–Crippen MR) is 121 cm³/mol. The summed E-state index contributed by atoms with van der Waals surface area (Å²) in [7, 11) is 0. The van der Waals surface area contributed by atoms with Gasteiger partial charge in [-0.15, -0.1) is 11.3 Å². The Kier molecular flexibility index (Phi) is 7.39. The van der Waals surface area contributed by atoms with Gasteiger partial charge in [0.1, 0.15) is 10.6 Å². The second-order valence-electron chi connectivity index (χ2n) is 7.22. The number of thiocarbonyl (C=S) groups is 1. The molecule has 5 nitrogen and oxygen atoms in total. The average Bonchev–Trinajstić information content (AvgIpc) is 3.12. The van der Waals surface area contributed by atoms with Crippen LogP contribution in [-0.4, -0.2) is 23.6 Å². The first-order valence-corrected chi connectivity index (χ1v) is 11.3. The third-order valence-electron chi connectivity index (χ3n) is 5.07. The molecule has 1 aliphatic carbocycles. The van der Waals surface area contributed by atoms with Crippen LogP contribution in [0.3, 0.4) is 0 Å². The number of rotatable bonds is 5. The monoisotopic (exact) mass is 430 g/mol. The topological polar surface area (TPSA) is 67.4 Å². The van der Waals surface area contributed by atoms with Crippen molar-refractivity contribution in [2.45, 2.75) is 46.0 Å². The van der Waals surface area contributed by atoms with E-state index in [0.717, 1.165) is 42.4 Å². The zero-order valence-corrected chi connectivity index (χ0v) is 18.4. The molecule has 0 radical (unpaired) electrons. The van der Waals surface area contributed by atoms with Crippen LogP contribution in [-0.2, 0) is 9.53 Å². The van der Waals surface area contributed by atoms with E-state index in [4.69, 9.17) is 17.0 Å². The van der Waals surface area contributed by atoms with Crippen molar-refractivity contribution in [1.82, 2.24) is 5.32 Å². The maximum atomic E-state index is 12.7. The molecule has 1 heterocycles. The van der Waals surface area contributed by atoms with Crippen LogP contribution in [0.1, 0.15) is 54.9 Å². The van der Waals surface area contributed by atoms with Gasteiger partial charge in [0.2, 0.25) is 5.91 Å². The Morgan fingerprint density at radius 3 is 2.52 bits per heavy atom. The number of esters is 1. The number of carbonyl (C=O) groups is 2. The maximum Gasteiger partial charge on any atom is 0.341 e. The second-order valence-corrected chi connectivity index (χ2v) is 8.51. The summed E-state index contributed by atoms with van der Waals surface area (Å²) in [6, 6.07) is 7.97. The molecule has 1 fully saturated rings. The lowest BCUT2D eigenvalue weighted by Crippen LogP contribution is -2.39. The predicted octanol–water partition coefficient (Wildman–Crippen LogP) is 5.29. The maximum absolute atomic E-state index is 12.7. The highest BCUT2D eigenvalue weighted by molar-refractivity contribution is 7.80. The first-order valence-electron chi connectivity index (χ1n) is 9.97. The number of thiophene rings is 1. The van der Waals surface area contributed by atoms with Crippen LogP contribution in [0.4, 0.5) is 5.00 Å². The summed E-state index contributed by atoms with van der Waals surface area (Å²) >= 11 is 6.72. The molecular formula is C22H26N2O3S2. The normalized spacial score (nSPS) is 14.3. The number of ether oxygens (including phenoxy) is 1. The summed E-state index contributed by atoms with van der Waals surface area (Å²) < 4.78 is 5.27. The van der Waals surface area contributed by atoms with E-state index in [-0.39, 0.29) is 23.5 Å². The fraction of sp³-hybridized carbons (Fsp3) is 0.409. The van der Waals surface area contributed by atoms with Crippen LogP contribution in [0.2, 0.25) is 0 Å². The van der Waals surface area contributed by atoms with E-state index in [2.05, 4.69) is 10.6 Å². The average molecular weight is 431 g/mol. The van der Waals surface area contributed by atoms with Crippen molar-refractivity contribution >= 4 is 45.5 Å². The minimum atomic E-state index is -0.409. The smallest absolute Gasteiger partial charge is 0.341 e. The largest absolute Gasteiger partial charge is 0.462 e. The Hall–Kier alpha value is -2.25. The van der Waals surface area contributed by atoms with Gasteiger partial charge in [-0.2, -0.15) is 0 Å². The molecule has 1 saturated carbocycles. The van der Waals surface area contributed by atoms with Gasteiger partial charge in [0.15, 0.2) is 5.11 Å². The van der Waals surface area contributed by atoms with Crippen molar-refractivity contribution < 1.29 is 14.3 Å². The highest BCUT2D eigenvalue weighted by Crippen LogP contribution is 2.36. The van der Waals surface area contributed by atoms with Gasteiger partial charge in [0.05, 0.1) is 6.61 Å². The van der Waals surface area contributed by atoms with E-state index in [1.807, 2.05) is 36.6 Å². The molecular weight excluding hydrogens is 404 g/mol. The molecule has 3 rings (SSSR count). The van der Waals surface area contributed by atoms with Gasteiger partial charge in [0, 0.05) is 16.9 Å². The molecule has 7 heteroatoms. The van der Waals surface area contributed by atoms with Crippen molar-refractivity contribution in [3.05, 3.63) is 40.8 Å². The number of carbonyl (C=O) groups excluding carboxylic acids is 2. The lowest BCUT2D eigenvalue weighted by atomic mass is 9.89. The van der Waals surface area contributed by atoms with Crippen molar-refractivity contribution in [1.29, 1.82) is 0 Å². The lowest BCUT2D eigenvalue weighted by molar-refractivity contribution is -0.124. The fourth-order valence-electron chi connectivity index (χ4n) is 3.51. The Bertz CT molecular complexity index is 884. The van der Waals surface area contributed by atoms with Crippen LogP contribution >= 0.6 is 23.6 Å². The zero-order valence-electron chi connectivity index (χ0n) is 16.7. The molecule has 0 atom stereocenters. The van der Waals surface area contributed by atoms with Gasteiger partial charge in [-0.25, -0.2) is 4.79 Å². The molecule has 0 saturated heterocycles. The highest BCUT2D eigenvalue weighted by Gasteiger charge is 2.24. The molecule has 0 spiro atoms. The molecule has 0 aliphatic heterocycles. The molecule has 1 amide bonds. The number of amides is 1. The van der Waals surface area contributed by atoms with E-state index in [9.17, 15) is 9.59 Å². The van der Waals surface area contributed by atoms with Crippen LogP contribution in [0, 0.1) is 12.8 Å².